The van der Waals surface area contributed by atoms with E-state index in [2.05, 4.69) is 6.58 Å². The summed E-state index contributed by atoms with van der Waals surface area (Å²) >= 11 is 0. The first-order chi connectivity index (χ1) is 1.41. The molecule has 0 heterocycles. The van der Waals surface area contributed by atoms with Gasteiger partial charge < -0.3 is 0 Å². The topological polar surface area (TPSA) is 0 Å². The van der Waals surface area contributed by atoms with Crippen molar-refractivity contribution in [1.82, 2.24) is 0 Å². The molecule has 0 aromatic carbocycles. The summed E-state index contributed by atoms with van der Waals surface area (Å²) in [5.74, 6) is 1.75. The van der Waals surface area contributed by atoms with E-state index in [1.165, 1.54) is 0 Å². The van der Waals surface area contributed by atoms with Gasteiger partial charge in [0.25, 0.3) is 0 Å². The third-order valence-electron chi connectivity index (χ3n) is 0. The zero-order valence-corrected chi connectivity index (χ0v) is 2.28. The molecule has 0 rings (SSSR count). The second-order valence-electron chi connectivity index (χ2n) is 0.408. The fourth-order valence-electron chi connectivity index (χ4n) is 0. The van der Waals surface area contributed by atoms with Gasteiger partial charge in [-0.25, -0.2) is 0 Å². The molecule has 0 N–H and O–H groups in total. The van der Waals surface area contributed by atoms with Crippen molar-refractivity contribution >= 4 is 31.8 Å². The molecule has 0 aliphatic carbocycles. The zero-order chi connectivity index (χ0) is 2.71. The summed E-state index contributed by atoms with van der Waals surface area (Å²) in [7, 11) is 1.89. The fraction of sp³-hybridized carbons (Fsp3) is 0. The molecule has 0 aliphatic heterocycles. The van der Waals surface area contributed by atoms with Crippen LogP contribution in [0.4, 0.5) is 0 Å². The van der Waals surface area contributed by atoms with Gasteiger partial charge in [-0.1, -0.05) is 0 Å². The molecule has 0 bridgehead atoms. The van der Waals surface area contributed by atoms with Crippen LogP contribution in [0.2, 0.25) is 0 Å². The third-order valence-corrected chi connectivity index (χ3v) is 0. The molecule has 2 heteroatoms. The zero-order valence-electron chi connectivity index (χ0n) is 2.28. The van der Waals surface area contributed by atoms with Crippen LogP contribution >= 0.6 is 0 Å². The van der Waals surface area contributed by atoms with E-state index in [-0.39, 0.29) is 23.9 Å². The first kappa shape index (κ1) is 8.82. The first-order valence-corrected chi connectivity index (χ1v) is 0.986. The van der Waals surface area contributed by atoms with E-state index in [1.807, 2.05) is 7.85 Å². The normalized spacial score (nSPS) is 3.00. The Bertz CT molecular complexity index is 13.5. The molecule has 0 unspecified atom stereocenters. The van der Waals surface area contributed by atoms with Crippen molar-refractivity contribution in [2.45, 2.75) is 0 Å². The summed E-state index contributed by atoms with van der Waals surface area (Å²) in [4.78, 5) is 0. The molecule has 0 aromatic heterocycles. The second kappa shape index (κ2) is 9.50. The average molecular weight is 163 g/mol. The predicted molar refractivity (Wildman–Crippen MR) is 30.1 cm³/mol. The van der Waals surface area contributed by atoms with Gasteiger partial charge in [0, 0.05) is 0 Å². The van der Waals surface area contributed by atoms with Crippen molar-refractivity contribution in [3.63, 3.8) is 0 Å². The van der Waals surface area contributed by atoms with Gasteiger partial charge in [-0.3, -0.25) is 0 Å². The molecule has 24 valence electrons. The van der Waals surface area contributed by atoms with Crippen molar-refractivity contribution in [2.24, 2.45) is 0 Å². The van der Waals surface area contributed by atoms with Crippen LogP contribution in [0.3, 0.4) is 0 Å². The Hall–Kier alpha value is 0.604. The van der Waals surface area contributed by atoms with Gasteiger partial charge in [0.1, 0.15) is 7.85 Å². The first-order valence-electron chi connectivity index (χ1n) is 0.986. The maximum atomic E-state index is 3.36. The average Bonchev–Trinajstić information content (AvgIpc) is 0.918. The molecule has 0 aliphatic rings. The molecule has 0 saturated heterocycles. The number of hydrogen-bond acceptors (Lipinski definition) is 0. The van der Waals surface area contributed by atoms with Crippen LogP contribution in [0, 0.1) is 0 Å². The van der Waals surface area contributed by atoms with E-state index < -0.39 is 0 Å². The molecule has 0 atom stereocenters. The van der Waals surface area contributed by atoms with Crippen LogP contribution in [0.15, 0.2) is 12.6 Å². The van der Waals surface area contributed by atoms with Gasteiger partial charge in [-0.2, -0.15) is 0 Å². The predicted octanol–water partition coefficient (Wildman–Crippen LogP) is -1.69. The quantitative estimate of drug-likeness (QED) is 0.373. The molecule has 0 aromatic rings. The Balaban J connectivity index is 0. The van der Waals surface area contributed by atoms with Gasteiger partial charge in [0.05, 0.1) is 0 Å². The summed E-state index contributed by atoms with van der Waals surface area (Å²) in [6.07, 6.45) is 0. The molecule has 0 saturated carbocycles. The molecule has 0 amide bonds. The van der Waals surface area contributed by atoms with Crippen LogP contribution in [0.1, 0.15) is 0 Å². The van der Waals surface area contributed by atoms with Crippen molar-refractivity contribution in [3.8, 4) is 0 Å². The van der Waals surface area contributed by atoms with Crippen LogP contribution in [-0.4, -0.2) is 31.8 Å². The minimum absolute atomic E-state index is 0. The van der Waals surface area contributed by atoms with E-state index in [0.717, 1.165) is 0 Å². The Morgan fingerprint density at radius 1 is 1.75 bits per heavy atom. The summed E-state index contributed by atoms with van der Waals surface area (Å²) in [5.41, 5.74) is 0. The number of hydrogen-bond donors (Lipinski definition) is 0. The Morgan fingerprint density at radius 2 is 1.75 bits per heavy atom. The summed E-state index contributed by atoms with van der Waals surface area (Å²) in [6, 6.07) is 0. The van der Waals surface area contributed by atoms with Crippen molar-refractivity contribution in [1.29, 1.82) is 0 Å². The summed E-state index contributed by atoms with van der Waals surface area (Å²) < 4.78 is 0. The van der Waals surface area contributed by atoms with Crippen molar-refractivity contribution in [2.75, 3.05) is 0 Å². The standard InChI is InChI=1S/C2H5B.Sn.4H/c1-2-3;;;;;/h2H,1,3H2;;;;;. The van der Waals surface area contributed by atoms with Crippen molar-refractivity contribution in [3.05, 3.63) is 12.6 Å². The Kier molecular flexibility index (Phi) is 20.9. The van der Waals surface area contributed by atoms with E-state index >= 15 is 0 Å². The van der Waals surface area contributed by atoms with Gasteiger partial charge >= 0.3 is 23.9 Å². The van der Waals surface area contributed by atoms with Crippen LogP contribution in [0.5, 0.6) is 0 Å². The van der Waals surface area contributed by atoms with Gasteiger partial charge in [0.15, 0.2) is 0 Å². The van der Waals surface area contributed by atoms with Crippen LogP contribution < -0.4 is 0 Å². The Labute approximate surface area is 44.6 Å². The fourth-order valence-corrected chi connectivity index (χ4v) is 0. The molecule has 0 nitrogen and oxygen atoms in total. The van der Waals surface area contributed by atoms with E-state index in [9.17, 15) is 0 Å². The SMILES string of the molecule is BC=C.[SnH4]. The monoisotopic (exact) mass is 164 g/mol. The van der Waals surface area contributed by atoms with Crippen LogP contribution in [0.25, 0.3) is 0 Å². The van der Waals surface area contributed by atoms with Gasteiger partial charge in [-0.15, -0.1) is 12.6 Å². The molecule has 0 radical (unpaired) electrons. The van der Waals surface area contributed by atoms with E-state index in [1.54, 1.807) is 5.98 Å². The number of rotatable bonds is 0. The van der Waals surface area contributed by atoms with E-state index in [0.29, 0.717) is 0 Å². The molecular weight excluding hydrogens is 154 g/mol. The Morgan fingerprint density at radius 3 is 1.75 bits per heavy atom. The molecule has 4 heavy (non-hydrogen) atoms. The second-order valence-corrected chi connectivity index (χ2v) is 0.408. The molecular formula is C2H9BSn. The third kappa shape index (κ3) is 18.4. The molecule has 0 spiro atoms. The van der Waals surface area contributed by atoms with Crippen molar-refractivity contribution < 1.29 is 0 Å². The van der Waals surface area contributed by atoms with Crippen LogP contribution in [-0.2, 0) is 0 Å². The maximum absolute atomic E-state index is 3.36. The molecule has 0 fully saturated rings. The van der Waals surface area contributed by atoms with Gasteiger partial charge in [-0.05, 0) is 0 Å². The van der Waals surface area contributed by atoms with E-state index in [4.69, 9.17) is 0 Å². The summed E-state index contributed by atoms with van der Waals surface area (Å²) in [6.45, 7) is 3.36. The summed E-state index contributed by atoms with van der Waals surface area (Å²) in [5, 5.41) is 0. The van der Waals surface area contributed by atoms with Gasteiger partial charge in [0.2, 0.25) is 0 Å². The minimum atomic E-state index is 0.